The summed E-state index contributed by atoms with van der Waals surface area (Å²) in [7, 11) is 0. The number of hydrogen-bond donors (Lipinski definition) is 1. The van der Waals surface area contributed by atoms with Crippen molar-refractivity contribution in [3.63, 3.8) is 0 Å². The summed E-state index contributed by atoms with van der Waals surface area (Å²) in [6, 6.07) is 9.44. The van der Waals surface area contributed by atoms with Gasteiger partial charge in [-0.05, 0) is 6.42 Å². The maximum Gasteiger partial charge on any atom is 0.323 e. The number of rotatable bonds is 7. The summed E-state index contributed by atoms with van der Waals surface area (Å²) in [5.41, 5.74) is 0.865. The third kappa shape index (κ3) is 4.15. The largest absolute Gasteiger partial charge is 0.480 e. The van der Waals surface area contributed by atoms with Gasteiger partial charge in [0.15, 0.2) is 5.82 Å². The van der Waals surface area contributed by atoms with E-state index in [-0.39, 0.29) is 19.0 Å². The number of nitrogens with zero attached hydrogens (tertiary/aromatic N) is 4. The molecule has 1 heterocycles. The van der Waals surface area contributed by atoms with Crippen molar-refractivity contribution < 1.29 is 14.7 Å². The second-order valence-electron chi connectivity index (χ2n) is 4.84. The molecule has 0 unspecified atom stereocenters. The fourth-order valence-corrected chi connectivity index (χ4v) is 2.05. The van der Waals surface area contributed by atoms with Gasteiger partial charge in [-0.3, -0.25) is 9.59 Å². The highest BCUT2D eigenvalue weighted by molar-refractivity contribution is 5.81. The maximum atomic E-state index is 12.2. The molecule has 116 valence electrons. The molecule has 1 aromatic carbocycles. The summed E-state index contributed by atoms with van der Waals surface area (Å²) < 4.78 is 1.43. The summed E-state index contributed by atoms with van der Waals surface area (Å²) in [5, 5.41) is 13.1. The molecule has 0 saturated heterocycles. The van der Waals surface area contributed by atoms with Crippen molar-refractivity contribution in [2.24, 2.45) is 0 Å². The first-order valence-electron chi connectivity index (χ1n) is 7.04. The molecule has 1 N–H and O–H groups in total. The Morgan fingerprint density at radius 2 is 2.00 bits per heavy atom. The van der Waals surface area contributed by atoms with Crippen LogP contribution in [-0.2, 0) is 16.1 Å². The van der Waals surface area contributed by atoms with Crippen molar-refractivity contribution in [3.05, 3.63) is 36.7 Å². The van der Waals surface area contributed by atoms with Gasteiger partial charge in [0.1, 0.15) is 19.4 Å². The highest BCUT2D eigenvalue weighted by Crippen LogP contribution is 2.12. The normalized spacial score (nSPS) is 10.4. The zero-order valence-electron chi connectivity index (χ0n) is 12.3. The summed E-state index contributed by atoms with van der Waals surface area (Å²) in [5.74, 6) is -0.771. The van der Waals surface area contributed by atoms with E-state index in [0.717, 1.165) is 5.56 Å². The number of aliphatic carboxylic acids is 1. The minimum atomic E-state index is -1.02. The average Bonchev–Trinajstić information content (AvgIpc) is 2.96. The van der Waals surface area contributed by atoms with Crippen LogP contribution in [0, 0.1) is 0 Å². The summed E-state index contributed by atoms with van der Waals surface area (Å²) in [6.07, 6.45) is 2.18. The van der Waals surface area contributed by atoms with E-state index in [4.69, 9.17) is 5.11 Å². The van der Waals surface area contributed by atoms with E-state index in [9.17, 15) is 9.59 Å². The van der Waals surface area contributed by atoms with Crippen molar-refractivity contribution in [3.8, 4) is 11.4 Å². The van der Waals surface area contributed by atoms with E-state index < -0.39 is 5.97 Å². The summed E-state index contributed by atoms with van der Waals surface area (Å²) >= 11 is 0. The number of benzene rings is 1. The lowest BCUT2D eigenvalue weighted by atomic mass is 10.2. The van der Waals surface area contributed by atoms with Crippen molar-refractivity contribution in [1.29, 1.82) is 0 Å². The first-order chi connectivity index (χ1) is 10.6. The standard InChI is InChI=1S/C15H18N4O3/c1-2-8-18(10-14(21)22)13(20)9-19-11-16-15(17-19)12-6-4-3-5-7-12/h3-7,11H,2,8-10H2,1H3,(H,21,22). The third-order valence-electron chi connectivity index (χ3n) is 3.04. The van der Waals surface area contributed by atoms with E-state index in [2.05, 4.69) is 10.1 Å². The van der Waals surface area contributed by atoms with Gasteiger partial charge in [0.25, 0.3) is 0 Å². The zero-order valence-corrected chi connectivity index (χ0v) is 12.3. The van der Waals surface area contributed by atoms with Crippen molar-refractivity contribution in [1.82, 2.24) is 19.7 Å². The van der Waals surface area contributed by atoms with Gasteiger partial charge in [0, 0.05) is 12.1 Å². The monoisotopic (exact) mass is 302 g/mol. The predicted molar refractivity (Wildman–Crippen MR) is 80.0 cm³/mol. The first kappa shape index (κ1) is 15.7. The van der Waals surface area contributed by atoms with Crippen LogP contribution < -0.4 is 0 Å². The van der Waals surface area contributed by atoms with Gasteiger partial charge in [-0.25, -0.2) is 9.67 Å². The van der Waals surface area contributed by atoms with Crippen LogP contribution in [0.2, 0.25) is 0 Å². The van der Waals surface area contributed by atoms with Crippen LogP contribution in [0.5, 0.6) is 0 Å². The number of carbonyl (C=O) groups is 2. The number of carbonyl (C=O) groups excluding carboxylic acids is 1. The number of carboxylic acids is 1. The van der Waals surface area contributed by atoms with Crippen LogP contribution in [0.3, 0.4) is 0 Å². The van der Waals surface area contributed by atoms with Gasteiger partial charge < -0.3 is 10.0 Å². The molecule has 0 bridgehead atoms. The third-order valence-corrected chi connectivity index (χ3v) is 3.04. The molecular formula is C15H18N4O3. The molecule has 2 aromatic rings. The summed E-state index contributed by atoms with van der Waals surface area (Å²) in [6.45, 7) is 1.98. The van der Waals surface area contributed by atoms with Gasteiger partial charge in [-0.15, -0.1) is 0 Å². The van der Waals surface area contributed by atoms with Gasteiger partial charge in [0.2, 0.25) is 5.91 Å². The summed E-state index contributed by atoms with van der Waals surface area (Å²) in [4.78, 5) is 28.4. The molecule has 0 fully saturated rings. The molecule has 0 aliphatic carbocycles. The molecule has 0 aliphatic rings. The van der Waals surface area contributed by atoms with Gasteiger partial charge in [-0.2, -0.15) is 5.10 Å². The molecule has 1 aromatic heterocycles. The smallest absolute Gasteiger partial charge is 0.323 e. The lowest BCUT2D eigenvalue weighted by Gasteiger charge is -2.19. The number of carboxylic acid groups (broad SMARTS) is 1. The molecule has 0 spiro atoms. The second-order valence-corrected chi connectivity index (χ2v) is 4.84. The Balaban J connectivity index is 2.05. The van der Waals surface area contributed by atoms with Crippen LogP contribution in [0.1, 0.15) is 13.3 Å². The average molecular weight is 302 g/mol. The minimum Gasteiger partial charge on any atom is -0.480 e. The first-order valence-corrected chi connectivity index (χ1v) is 7.04. The topological polar surface area (TPSA) is 88.3 Å². The van der Waals surface area contributed by atoms with Crippen molar-refractivity contribution in [2.75, 3.05) is 13.1 Å². The van der Waals surface area contributed by atoms with Crippen LogP contribution in [-0.4, -0.2) is 49.7 Å². The van der Waals surface area contributed by atoms with E-state index >= 15 is 0 Å². The highest BCUT2D eigenvalue weighted by Gasteiger charge is 2.17. The lowest BCUT2D eigenvalue weighted by Crippen LogP contribution is -2.38. The highest BCUT2D eigenvalue weighted by atomic mass is 16.4. The molecule has 0 radical (unpaired) electrons. The van der Waals surface area contributed by atoms with Crippen molar-refractivity contribution in [2.45, 2.75) is 19.9 Å². The van der Waals surface area contributed by atoms with Crippen LogP contribution in [0.25, 0.3) is 11.4 Å². The van der Waals surface area contributed by atoms with E-state index in [0.29, 0.717) is 18.8 Å². The Labute approximate surface area is 128 Å². The molecular weight excluding hydrogens is 284 g/mol. The molecule has 1 amide bonds. The molecule has 7 nitrogen and oxygen atoms in total. The fourth-order valence-electron chi connectivity index (χ4n) is 2.05. The van der Waals surface area contributed by atoms with Gasteiger partial charge in [-0.1, -0.05) is 37.3 Å². The second kappa shape index (κ2) is 7.35. The molecule has 0 saturated carbocycles. The van der Waals surface area contributed by atoms with E-state index in [1.54, 1.807) is 0 Å². The lowest BCUT2D eigenvalue weighted by molar-refractivity contribution is -0.144. The molecule has 22 heavy (non-hydrogen) atoms. The van der Waals surface area contributed by atoms with Gasteiger partial charge >= 0.3 is 5.97 Å². The zero-order chi connectivity index (χ0) is 15.9. The Bertz CT molecular complexity index is 639. The molecule has 0 atom stereocenters. The number of amides is 1. The van der Waals surface area contributed by atoms with E-state index in [1.165, 1.54) is 15.9 Å². The maximum absolute atomic E-state index is 12.2. The Morgan fingerprint density at radius 3 is 2.64 bits per heavy atom. The number of hydrogen-bond acceptors (Lipinski definition) is 4. The molecule has 0 aliphatic heterocycles. The SMILES string of the molecule is CCCN(CC(=O)O)C(=O)Cn1cnc(-c2ccccc2)n1. The van der Waals surface area contributed by atoms with Crippen LogP contribution in [0.4, 0.5) is 0 Å². The van der Waals surface area contributed by atoms with Gasteiger partial charge in [0.05, 0.1) is 0 Å². The Morgan fingerprint density at radius 1 is 1.27 bits per heavy atom. The Hall–Kier alpha value is -2.70. The fraction of sp³-hybridized carbons (Fsp3) is 0.333. The minimum absolute atomic E-state index is 0.0207. The van der Waals surface area contributed by atoms with Crippen molar-refractivity contribution >= 4 is 11.9 Å². The van der Waals surface area contributed by atoms with Crippen LogP contribution >= 0.6 is 0 Å². The number of aromatic nitrogens is 3. The van der Waals surface area contributed by atoms with E-state index in [1.807, 2.05) is 37.3 Å². The quantitative estimate of drug-likeness (QED) is 0.832. The van der Waals surface area contributed by atoms with Crippen LogP contribution in [0.15, 0.2) is 36.7 Å². The molecule has 7 heteroatoms. The predicted octanol–water partition coefficient (Wildman–Crippen LogP) is 1.27. The Kier molecular flexibility index (Phi) is 5.24. The molecule has 2 rings (SSSR count).